The number of halogens is 1. The third-order valence-corrected chi connectivity index (χ3v) is 6.00. The fraction of sp³-hybridized carbons (Fsp3) is 0.714. The molecule has 1 aromatic rings. The van der Waals surface area contributed by atoms with Crippen LogP contribution in [0.2, 0.25) is 0 Å². The zero-order valence-corrected chi connectivity index (χ0v) is 15.8. The zero-order valence-electron chi connectivity index (χ0n) is 15.0. The highest BCUT2D eigenvalue weighted by molar-refractivity contribution is 5.85. The molecule has 1 saturated carbocycles. The zero-order chi connectivity index (χ0) is 15.9. The Morgan fingerprint density at radius 3 is 1.88 bits per heavy atom. The molecule has 2 nitrogen and oxygen atoms in total. The minimum Gasteiger partial charge on any atom is -0.508 e. The van der Waals surface area contributed by atoms with Crippen LogP contribution in [0.25, 0.3) is 0 Å². The van der Waals surface area contributed by atoms with Gasteiger partial charge >= 0.3 is 0 Å². The van der Waals surface area contributed by atoms with E-state index in [-0.39, 0.29) is 12.4 Å². The smallest absolute Gasteiger partial charge is 0.119 e. The van der Waals surface area contributed by atoms with Gasteiger partial charge in [-0.2, -0.15) is 0 Å². The largest absolute Gasteiger partial charge is 0.508 e. The summed E-state index contributed by atoms with van der Waals surface area (Å²) >= 11 is 0. The Hall–Kier alpha value is -0.730. The molecule has 2 fully saturated rings. The number of phenols is 1. The molecule has 136 valence electrons. The molecule has 3 heteroatoms. The number of likely N-dealkylation sites (tertiary alicyclic amines) is 1. The molecule has 1 heterocycles. The van der Waals surface area contributed by atoms with Crippen molar-refractivity contribution in [1.29, 1.82) is 0 Å². The summed E-state index contributed by atoms with van der Waals surface area (Å²) in [5, 5.41) is 10.1. The molecule has 1 N–H and O–H groups in total. The van der Waals surface area contributed by atoms with E-state index in [2.05, 4.69) is 17.0 Å². The van der Waals surface area contributed by atoms with Crippen LogP contribution in [-0.2, 0) is 0 Å². The second kappa shape index (κ2) is 10.3. The van der Waals surface area contributed by atoms with Crippen molar-refractivity contribution in [3.8, 4) is 5.75 Å². The molecule has 0 aromatic heterocycles. The van der Waals surface area contributed by atoms with Crippen molar-refractivity contribution in [1.82, 2.24) is 4.90 Å². The topological polar surface area (TPSA) is 23.5 Å². The van der Waals surface area contributed by atoms with Gasteiger partial charge in [-0.05, 0) is 56.3 Å². The number of rotatable bonds is 2. The lowest BCUT2D eigenvalue weighted by Crippen LogP contribution is -2.41. The van der Waals surface area contributed by atoms with Crippen LogP contribution in [0.3, 0.4) is 0 Å². The third kappa shape index (κ3) is 5.39. The van der Waals surface area contributed by atoms with Crippen molar-refractivity contribution >= 4 is 12.4 Å². The predicted octanol–water partition coefficient (Wildman–Crippen LogP) is 5.89. The van der Waals surface area contributed by atoms with E-state index in [1.165, 1.54) is 83.7 Å². The molecule has 3 rings (SSSR count). The lowest BCUT2D eigenvalue weighted by molar-refractivity contribution is 0.131. The number of nitrogens with zero attached hydrogens (tertiary/aromatic N) is 1. The van der Waals surface area contributed by atoms with Gasteiger partial charge in [0.15, 0.2) is 0 Å². The fourth-order valence-corrected chi connectivity index (χ4v) is 4.56. The van der Waals surface area contributed by atoms with Crippen molar-refractivity contribution in [3.63, 3.8) is 0 Å². The molecule has 1 aliphatic carbocycles. The SMILES string of the molecule is Cl.Oc1ccccc1C1CCN(C2CCCCCCCCC2)CC1. The lowest BCUT2D eigenvalue weighted by Gasteiger charge is -2.38. The number of hydrogen-bond donors (Lipinski definition) is 1. The van der Waals surface area contributed by atoms with E-state index in [0.717, 1.165) is 11.6 Å². The van der Waals surface area contributed by atoms with E-state index in [1.807, 2.05) is 12.1 Å². The lowest BCUT2D eigenvalue weighted by atomic mass is 9.87. The Morgan fingerprint density at radius 1 is 0.750 bits per heavy atom. The average Bonchev–Trinajstić information content (AvgIpc) is 2.60. The Balaban J connectivity index is 0.00000208. The molecular formula is C21H34ClNO. The quantitative estimate of drug-likeness (QED) is 0.718. The Kier molecular flexibility index (Phi) is 8.41. The molecular weight excluding hydrogens is 318 g/mol. The van der Waals surface area contributed by atoms with E-state index in [9.17, 15) is 5.11 Å². The summed E-state index contributed by atoms with van der Waals surface area (Å²) in [6, 6.07) is 8.75. The van der Waals surface area contributed by atoms with Gasteiger partial charge < -0.3 is 10.0 Å². The fourth-order valence-electron chi connectivity index (χ4n) is 4.56. The van der Waals surface area contributed by atoms with E-state index in [0.29, 0.717) is 11.7 Å². The maximum absolute atomic E-state index is 10.1. The maximum Gasteiger partial charge on any atom is 0.119 e. The highest BCUT2D eigenvalue weighted by Gasteiger charge is 2.26. The van der Waals surface area contributed by atoms with E-state index in [1.54, 1.807) is 0 Å². The first-order valence-corrected chi connectivity index (χ1v) is 9.86. The molecule has 2 aliphatic rings. The molecule has 1 saturated heterocycles. The maximum atomic E-state index is 10.1. The van der Waals surface area contributed by atoms with Crippen LogP contribution < -0.4 is 0 Å². The molecule has 0 spiro atoms. The third-order valence-electron chi connectivity index (χ3n) is 6.00. The van der Waals surface area contributed by atoms with Crippen LogP contribution in [0.4, 0.5) is 0 Å². The molecule has 0 amide bonds. The highest BCUT2D eigenvalue weighted by atomic mass is 35.5. The van der Waals surface area contributed by atoms with Gasteiger partial charge in [0.2, 0.25) is 0 Å². The van der Waals surface area contributed by atoms with Crippen molar-refractivity contribution in [2.75, 3.05) is 13.1 Å². The average molecular weight is 352 g/mol. The van der Waals surface area contributed by atoms with Crippen molar-refractivity contribution in [2.45, 2.75) is 82.6 Å². The van der Waals surface area contributed by atoms with E-state index in [4.69, 9.17) is 0 Å². The number of para-hydroxylation sites is 1. The number of benzene rings is 1. The van der Waals surface area contributed by atoms with Gasteiger partial charge in [0.05, 0.1) is 0 Å². The van der Waals surface area contributed by atoms with Crippen LogP contribution >= 0.6 is 12.4 Å². The Bertz CT molecular complexity index is 461. The summed E-state index contributed by atoms with van der Waals surface area (Å²) in [6.45, 7) is 2.42. The minimum atomic E-state index is 0. The van der Waals surface area contributed by atoms with E-state index >= 15 is 0 Å². The Labute approximate surface area is 154 Å². The summed E-state index contributed by atoms with van der Waals surface area (Å²) in [5.74, 6) is 1.04. The number of piperidine rings is 1. The minimum absolute atomic E-state index is 0. The standard InChI is InChI=1S/C21H33NO.ClH/c23-21-13-9-8-12-20(21)18-14-16-22(17-15-18)19-10-6-4-2-1-3-5-7-11-19;/h8-9,12-13,18-19,23H,1-7,10-11,14-17H2;1H. The summed E-state index contributed by atoms with van der Waals surface area (Å²) in [6.07, 6.45) is 15.3. The van der Waals surface area contributed by atoms with Crippen LogP contribution in [0.15, 0.2) is 24.3 Å². The summed E-state index contributed by atoms with van der Waals surface area (Å²) in [5.41, 5.74) is 1.16. The van der Waals surface area contributed by atoms with Gasteiger partial charge in [0.1, 0.15) is 5.75 Å². The van der Waals surface area contributed by atoms with Crippen LogP contribution in [0.5, 0.6) is 5.75 Å². The van der Waals surface area contributed by atoms with E-state index < -0.39 is 0 Å². The van der Waals surface area contributed by atoms with Gasteiger partial charge in [-0.3, -0.25) is 0 Å². The molecule has 0 unspecified atom stereocenters. The van der Waals surface area contributed by atoms with Crippen LogP contribution in [0.1, 0.15) is 82.1 Å². The number of phenolic OH excluding ortho intramolecular Hbond substituents is 1. The molecule has 0 radical (unpaired) electrons. The molecule has 0 bridgehead atoms. The first kappa shape index (κ1) is 19.6. The van der Waals surface area contributed by atoms with Gasteiger partial charge in [0, 0.05) is 6.04 Å². The summed E-state index contributed by atoms with van der Waals surface area (Å²) in [7, 11) is 0. The second-order valence-corrected chi connectivity index (χ2v) is 7.58. The van der Waals surface area contributed by atoms with Crippen LogP contribution in [0, 0.1) is 0 Å². The van der Waals surface area contributed by atoms with Gasteiger partial charge in [0.25, 0.3) is 0 Å². The van der Waals surface area contributed by atoms with Crippen molar-refractivity contribution in [2.24, 2.45) is 0 Å². The van der Waals surface area contributed by atoms with Gasteiger partial charge in [-0.15, -0.1) is 12.4 Å². The summed E-state index contributed by atoms with van der Waals surface area (Å²) < 4.78 is 0. The molecule has 24 heavy (non-hydrogen) atoms. The Morgan fingerprint density at radius 2 is 1.29 bits per heavy atom. The predicted molar refractivity (Wildman–Crippen MR) is 104 cm³/mol. The molecule has 1 aromatic carbocycles. The monoisotopic (exact) mass is 351 g/mol. The molecule has 0 atom stereocenters. The summed E-state index contributed by atoms with van der Waals surface area (Å²) in [4.78, 5) is 2.76. The first-order chi connectivity index (χ1) is 11.3. The number of aromatic hydroxyl groups is 1. The number of hydrogen-bond acceptors (Lipinski definition) is 2. The highest BCUT2D eigenvalue weighted by Crippen LogP contribution is 2.35. The molecule has 1 aliphatic heterocycles. The van der Waals surface area contributed by atoms with Crippen molar-refractivity contribution in [3.05, 3.63) is 29.8 Å². The second-order valence-electron chi connectivity index (χ2n) is 7.58. The van der Waals surface area contributed by atoms with Crippen LogP contribution in [-0.4, -0.2) is 29.1 Å². The first-order valence-electron chi connectivity index (χ1n) is 9.86. The normalized spacial score (nSPS) is 22.7. The van der Waals surface area contributed by atoms with Gasteiger partial charge in [-0.1, -0.05) is 63.1 Å². The van der Waals surface area contributed by atoms with Crippen molar-refractivity contribution < 1.29 is 5.11 Å². The van der Waals surface area contributed by atoms with Gasteiger partial charge in [-0.25, -0.2) is 0 Å².